The first-order valence-electron chi connectivity index (χ1n) is 4.95. The molecule has 0 unspecified atom stereocenters. The maximum atomic E-state index is 5.22. The molecule has 0 atom stereocenters. The molecule has 0 spiro atoms. The van der Waals surface area contributed by atoms with Crippen LogP contribution in [0.4, 0.5) is 5.82 Å². The highest BCUT2D eigenvalue weighted by Crippen LogP contribution is 2.25. The molecule has 2 aromatic rings. The lowest BCUT2D eigenvalue weighted by molar-refractivity contribution is 0.527. The van der Waals surface area contributed by atoms with Crippen LogP contribution < -0.4 is 5.32 Å². The molecule has 0 aliphatic carbocycles. The van der Waals surface area contributed by atoms with Gasteiger partial charge in [-0.3, -0.25) is 4.98 Å². The number of aryl methyl sites for hydroxylation is 1. The van der Waals surface area contributed by atoms with Crippen LogP contribution in [-0.4, -0.2) is 17.0 Å². The summed E-state index contributed by atoms with van der Waals surface area (Å²) in [6.45, 7) is 1.96. The second-order valence-electron chi connectivity index (χ2n) is 3.27. The predicted molar refractivity (Wildman–Crippen MR) is 64.6 cm³/mol. The second-order valence-corrected chi connectivity index (χ2v) is 4.29. The van der Waals surface area contributed by atoms with E-state index in [1.54, 1.807) is 30.4 Å². The molecular weight excluding hydrogens is 222 g/mol. The van der Waals surface area contributed by atoms with Gasteiger partial charge < -0.3 is 9.73 Å². The number of aromatic nitrogens is 2. The molecule has 0 saturated heterocycles. The van der Waals surface area contributed by atoms with Crippen LogP contribution in [0.15, 0.2) is 34.0 Å². The minimum absolute atomic E-state index is 0.785. The Morgan fingerprint density at radius 1 is 1.38 bits per heavy atom. The van der Waals surface area contributed by atoms with E-state index in [2.05, 4.69) is 15.3 Å². The SMILES string of the molecule is CNc1cnc(CSc2ccoc2C)cn1. The number of furan rings is 1. The molecule has 84 valence electrons. The average Bonchev–Trinajstić information content (AvgIpc) is 2.73. The summed E-state index contributed by atoms with van der Waals surface area (Å²) in [4.78, 5) is 9.66. The van der Waals surface area contributed by atoms with Crippen molar-refractivity contribution in [3.05, 3.63) is 36.2 Å². The molecule has 0 aliphatic rings. The molecule has 16 heavy (non-hydrogen) atoms. The fourth-order valence-electron chi connectivity index (χ4n) is 1.23. The summed E-state index contributed by atoms with van der Waals surface area (Å²) < 4.78 is 5.22. The van der Waals surface area contributed by atoms with Crippen LogP contribution in [-0.2, 0) is 5.75 Å². The Morgan fingerprint density at radius 3 is 2.81 bits per heavy atom. The zero-order valence-corrected chi connectivity index (χ0v) is 10.0. The topological polar surface area (TPSA) is 51.0 Å². The maximum Gasteiger partial charge on any atom is 0.144 e. The third-order valence-electron chi connectivity index (χ3n) is 2.15. The molecule has 0 fully saturated rings. The molecule has 0 bridgehead atoms. The van der Waals surface area contributed by atoms with Crippen molar-refractivity contribution in [1.29, 1.82) is 0 Å². The number of nitrogens with one attached hydrogen (secondary N) is 1. The molecule has 0 aromatic carbocycles. The minimum atomic E-state index is 0.785. The summed E-state index contributed by atoms with van der Waals surface area (Å²) >= 11 is 1.70. The number of nitrogens with zero attached hydrogens (tertiary/aromatic N) is 2. The summed E-state index contributed by atoms with van der Waals surface area (Å²) in [5, 5.41) is 2.94. The Balaban J connectivity index is 1.97. The molecule has 2 heterocycles. The summed E-state index contributed by atoms with van der Waals surface area (Å²) in [7, 11) is 1.83. The second kappa shape index (κ2) is 5.03. The lowest BCUT2D eigenvalue weighted by Crippen LogP contribution is -1.95. The van der Waals surface area contributed by atoms with Crippen LogP contribution >= 0.6 is 11.8 Å². The highest BCUT2D eigenvalue weighted by Gasteiger charge is 2.03. The molecule has 2 aromatic heterocycles. The van der Waals surface area contributed by atoms with Gasteiger partial charge in [-0.05, 0) is 13.0 Å². The van der Waals surface area contributed by atoms with Crippen LogP contribution in [0.2, 0.25) is 0 Å². The highest BCUT2D eigenvalue weighted by atomic mass is 32.2. The molecule has 0 amide bonds. The van der Waals surface area contributed by atoms with E-state index < -0.39 is 0 Å². The Bertz CT molecular complexity index is 453. The normalized spacial score (nSPS) is 10.4. The highest BCUT2D eigenvalue weighted by molar-refractivity contribution is 7.98. The largest absolute Gasteiger partial charge is 0.468 e. The fraction of sp³-hybridized carbons (Fsp3) is 0.273. The standard InChI is InChI=1S/C11H13N3OS/c1-8-10(3-4-15-8)16-7-9-5-14-11(12-2)6-13-9/h3-6H,7H2,1-2H3,(H,12,14). The zero-order chi connectivity index (χ0) is 11.4. The van der Waals surface area contributed by atoms with Gasteiger partial charge in [-0.1, -0.05) is 0 Å². The van der Waals surface area contributed by atoms with E-state index in [0.29, 0.717) is 0 Å². The minimum Gasteiger partial charge on any atom is -0.468 e. The van der Waals surface area contributed by atoms with Crippen LogP contribution in [0.25, 0.3) is 0 Å². The van der Waals surface area contributed by atoms with Crippen LogP contribution in [0.5, 0.6) is 0 Å². The smallest absolute Gasteiger partial charge is 0.144 e. The summed E-state index contributed by atoms with van der Waals surface area (Å²) in [6, 6.07) is 1.97. The van der Waals surface area contributed by atoms with Crippen molar-refractivity contribution in [2.24, 2.45) is 0 Å². The average molecular weight is 235 g/mol. The van der Waals surface area contributed by atoms with Crippen molar-refractivity contribution in [2.75, 3.05) is 12.4 Å². The van der Waals surface area contributed by atoms with E-state index >= 15 is 0 Å². The molecular formula is C11H13N3OS. The fourth-order valence-corrected chi connectivity index (χ4v) is 2.09. The summed E-state index contributed by atoms with van der Waals surface area (Å²) in [6.07, 6.45) is 5.22. The number of anilines is 1. The van der Waals surface area contributed by atoms with E-state index in [-0.39, 0.29) is 0 Å². The Kier molecular flexibility index (Phi) is 3.46. The lowest BCUT2D eigenvalue weighted by atomic mass is 10.5. The van der Waals surface area contributed by atoms with E-state index in [0.717, 1.165) is 27.9 Å². The number of rotatable bonds is 4. The van der Waals surface area contributed by atoms with Crippen molar-refractivity contribution < 1.29 is 4.42 Å². The number of thioether (sulfide) groups is 1. The molecule has 0 aliphatic heterocycles. The first kappa shape index (κ1) is 11.0. The first-order valence-corrected chi connectivity index (χ1v) is 5.93. The Morgan fingerprint density at radius 2 is 2.25 bits per heavy atom. The molecule has 2 rings (SSSR count). The number of hydrogen-bond acceptors (Lipinski definition) is 5. The van der Waals surface area contributed by atoms with Crippen molar-refractivity contribution in [1.82, 2.24) is 9.97 Å². The van der Waals surface area contributed by atoms with Gasteiger partial charge >= 0.3 is 0 Å². The van der Waals surface area contributed by atoms with Gasteiger partial charge in [-0.2, -0.15) is 0 Å². The molecule has 4 nitrogen and oxygen atoms in total. The van der Waals surface area contributed by atoms with Gasteiger partial charge in [0.15, 0.2) is 0 Å². The van der Waals surface area contributed by atoms with Gasteiger partial charge in [0.05, 0.1) is 24.4 Å². The van der Waals surface area contributed by atoms with Gasteiger partial charge in [-0.15, -0.1) is 11.8 Å². The number of hydrogen-bond donors (Lipinski definition) is 1. The lowest BCUT2D eigenvalue weighted by Gasteiger charge is -2.01. The van der Waals surface area contributed by atoms with Gasteiger partial charge in [0.25, 0.3) is 0 Å². The molecule has 1 N–H and O–H groups in total. The third-order valence-corrected chi connectivity index (χ3v) is 3.32. The van der Waals surface area contributed by atoms with Crippen molar-refractivity contribution in [3.63, 3.8) is 0 Å². The van der Waals surface area contributed by atoms with E-state index in [1.807, 2.05) is 20.0 Å². The van der Waals surface area contributed by atoms with Crippen molar-refractivity contribution in [3.8, 4) is 0 Å². The van der Waals surface area contributed by atoms with Crippen LogP contribution in [0, 0.1) is 6.92 Å². The van der Waals surface area contributed by atoms with E-state index in [4.69, 9.17) is 4.42 Å². The maximum absolute atomic E-state index is 5.22. The van der Waals surface area contributed by atoms with Gasteiger partial charge in [0.2, 0.25) is 0 Å². The van der Waals surface area contributed by atoms with Gasteiger partial charge in [-0.25, -0.2) is 4.98 Å². The van der Waals surface area contributed by atoms with E-state index in [1.165, 1.54) is 0 Å². The van der Waals surface area contributed by atoms with E-state index in [9.17, 15) is 0 Å². The van der Waals surface area contributed by atoms with Crippen LogP contribution in [0.3, 0.4) is 0 Å². The molecule has 5 heteroatoms. The van der Waals surface area contributed by atoms with Gasteiger partial charge in [0, 0.05) is 17.7 Å². The summed E-state index contributed by atoms with van der Waals surface area (Å²) in [5.41, 5.74) is 0.963. The summed E-state index contributed by atoms with van der Waals surface area (Å²) in [5.74, 6) is 2.54. The third kappa shape index (κ3) is 2.55. The van der Waals surface area contributed by atoms with Crippen molar-refractivity contribution >= 4 is 17.6 Å². The first-order chi connectivity index (χ1) is 7.79. The van der Waals surface area contributed by atoms with Crippen LogP contribution in [0.1, 0.15) is 11.5 Å². The monoisotopic (exact) mass is 235 g/mol. The van der Waals surface area contributed by atoms with Gasteiger partial charge in [0.1, 0.15) is 11.6 Å². The quantitative estimate of drug-likeness (QED) is 0.826. The molecule has 0 saturated carbocycles. The zero-order valence-electron chi connectivity index (χ0n) is 9.23. The predicted octanol–water partition coefficient (Wildman–Crippen LogP) is 2.71. The Hall–Kier alpha value is -1.49. The molecule has 0 radical (unpaired) electrons. The van der Waals surface area contributed by atoms with Crippen molar-refractivity contribution in [2.45, 2.75) is 17.6 Å². The Labute approximate surface area is 98.5 Å².